The molecule has 0 radical (unpaired) electrons. The van der Waals surface area contributed by atoms with E-state index >= 15 is 0 Å². The zero-order valence-electron chi connectivity index (χ0n) is 18.1. The van der Waals surface area contributed by atoms with E-state index in [0.717, 1.165) is 69.8 Å². The van der Waals surface area contributed by atoms with Gasteiger partial charge in [0.25, 0.3) is 0 Å². The maximum Gasteiger partial charge on any atom is 0.308 e. The molecule has 0 amide bonds. The van der Waals surface area contributed by atoms with Gasteiger partial charge in [-0.25, -0.2) is 0 Å². The number of cyclic esters (lactones) is 1. The summed E-state index contributed by atoms with van der Waals surface area (Å²) in [7, 11) is 0. The van der Waals surface area contributed by atoms with Gasteiger partial charge in [-0.15, -0.1) is 5.92 Å². The highest BCUT2D eigenvalue weighted by Gasteiger charge is 2.28. The Bertz CT molecular complexity index is 609. The summed E-state index contributed by atoms with van der Waals surface area (Å²) < 4.78 is 12.0. The van der Waals surface area contributed by atoms with Gasteiger partial charge in [-0.2, -0.15) is 0 Å². The minimum atomic E-state index is -0.0678. The zero-order chi connectivity index (χ0) is 20.5. The minimum Gasteiger partial charge on any atom is -0.462 e. The van der Waals surface area contributed by atoms with E-state index < -0.39 is 0 Å². The van der Waals surface area contributed by atoms with Gasteiger partial charge in [0.15, 0.2) is 0 Å². The van der Waals surface area contributed by atoms with Crippen LogP contribution in [-0.4, -0.2) is 24.3 Å². The molecule has 28 heavy (non-hydrogen) atoms. The van der Waals surface area contributed by atoms with Crippen LogP contribution >= 0.6 is 0 Å². The van der Waals surface area contributed by atoms with Crippen molar-refractivity contribution in [1.82, 2.24) is 0 Å². The number of esters is 1. The second-order valence-corrected chi connectivity index (χ2v) is 8.73. The summed E-state index contributed by atoms with van der Waals surface area (Å²) in [6.45, 7) is 14.7. The van der Waals surface area contributed by atoms with E-state index in [9.17, 15) is 4.79 Å². The molecule has 2 bridgehead atoms. The van der Waals surface area contributed by atoms with Gasteiger partial charge in [-0.05, 0) is 37.7 Å². The Labute approximate surface area is 171 Å². The maximum absolute atomic E-state index is 12.5. The number of hydrogen-bond acceptors (Lipinski definition) is 3. The number of ether oxygens (including phenoxy) is 2. The number of rotatable bonds is 2. The van der Waals surface area contributed by atoms with Crippen molar-refractivity contribution in [3.05, 3.63) is 24.3 Å². The van der Waals surface area contributed by atoms with Gasteiger partial charge in [0.1, 0.15) is 6.10 Å². The first-order valence-corrected chi connectivity index (χ1v) is 11.1. The number of carbonyl (C=O) groups is 1. The van der Waals surface area contributed by atoms with Crippen molar-refractivity contribution in [2.24, 2.45) is 11.8 Å². The summed E-state index contributed by atoms with van der Waals surface area (Å²) in [5.74, 6) is 6.79. The molecule has 0 N–H and O–H groups in total. The summed E-state index contributed by atoms with van der Waals surface area (Å²) in [5, 5.41) is 0. The fraction of sp³-hybridized carbons (Fsp3) is 0.720. The molecular formula is C25H38O3. The second kappa shape index (κ2) is 11.5. The lowest BCUT2D eigenvalue weighted by molar-refractivity contribution is -0.154. The first-order chi connectivity index (χ1) is 13.4. The van der Waals surface area contributed by atoms with E-state index in [1.807, 2.05) is 6.92 Å². The molecule has 2 rings (SSSR count). The third-order valence-electron chi connectivity index (χ3n) is 5.74. The molecule has 2 heterocycles. The minimum absolute atomic E-state index is 0.0564. The van der Waals surface area contributed by atoms with Gasteiger partial charge in [-0.1, -0.05) is 64.7 Å². The van der Waals surface area contributed by atoms with Crippen LogP contribution in [0.5, 0.6) is 0 Å². The van der Waals surface area contributed by atoms with E-state index in [0.29, 0.717) is 0 Å². The molecule has 0 aromatic heterocycles. The van der Waals surface area contributed by atoms with Crippen LogP contribution in [0, 0.1) is 23.7 Å². The first-order valence-electron chi connectivity index (χ1n) is 11.1. The molecule has 1 saturated heterocycles. The van der Waals surface area contributed by atoms with E-state index in [4.69, 9.17) is 9.47 Å². The molecule has 0 spiro atoms. The zero-order valence-corrected chi connectivity index (χ0v) is 18.1. The summed E-state index contributed by atoms with van der Waals surface area (Å²) in [6.07, 6.45) is 9.36. The van der Waals surface area contributed by atoms with Gasteiger partial charge in [-0.3, -0.25) is 4.79 Å². The van der Waals surface area contributed by atoms with Crippen LogP contribution in [0.4, 0.5) is 0 Å². The summed E-state index contributed by atoms with van der Waals surface area (Å²) in [6, 6.07) is 0. The quantitative estimate of drug-likeness (QED) is 0.332. The normalized spacial score (nSPS) is 33.4. The molecule has 2 aliphatic rings. The van der Waals surface area contributed by atoms with Crippen molar-refractivity contribution in [2.75, 3.05) is 0 Å². The highest BCUT2D eigenvalue weighted by Crippen LogP contribution is 2.30. The van der Waals surface area contributed by atoms with Gasteiger partial charge in [0.05, 0.1) is 18.1 Å². The summed E-state index contributed by atoms with van der Waals surface area (Å²) in [5.41, 5.74) is 2.31. The number of hydrogen-bond donors (Lipinski definition) is 0. The number of carbonyl (C=O) groups excluding carboxylic acids is 1. The molecular weight excluding hydrogens is 348 g/mol. The van der Waals surface area contributed by atoms with Gasteiger partial charge < -0.3 is 9.47 Å². The van der Waals surface area contributed by atoms with E-state index in [2.05, 4.69) is 38.8 Å². The molecule has 0 unspecified atom stereocenters. The average Bonchev–Trinajstić information content (AvgIpc) is 2.97. The Morgan fingerprint density at radius 1 is 1.11 bits per heavy atom. The Kier molecular flexibility index (Phi) is 9.32. The second-order valence-electron chi connectivity index (χ2n) is 8.73. The van der Waals surface area contributed by atoms with Crippen LogP contribution in [0.1, 0.15) is 85.0 Å². The fourth-order valence-electron chi connectivity index (χ4n) is 4.13. The van der Waals surface area contributed by atoms with Gasteiger partial charge in [0, 0.05) is 18.8 Å². The highest BCUT2D eigenvalue weighted by atomic mass is 16.5. The largest absolute Gasteiger partial charge is 0.462 e. The van der Waals surface area contributed by atoms with Crippen LogP contribution in [0.3, 0.4) is 0 Å². The van der Waals surface area contributed by atoms with Crippen molar-refractivity contribution < 1.29 is 14.3 Å². The van der Waals surface area contributed by atoms with Gasteiger partial charge >= 0.3 is 5.97 Å². The highest BCUT2D eigenvalue weighted by molar-refractivity contribution is 5.72. The van der Waals surface area contributed by atoms with Gasteiger partial charge in [0.2, 0.25) is 0 Å². The van der Waals surface area contributed by atoms with Crippen LogP contribution in [0.2, 0.25) is 0 Å². The lowest BCUT2D eigenvalue weighted by Crippen LogP contribution is -2.23. The lowest BCUT2D eigenvalue weighted by atomic mass is 9.96. The molecule has 2 aliphatic heterocycles. The monoisotopic (exact) mass is 386 g/mol. The molecule has 0 aromatic carbocycles. The molecule has 3 nitrogen and oxygen atoms in total. The van der Waals surface area contributed by atoms with Crippen LogP contribution in [-0.2, 0) is 14.3 Å². The molecule has 0 saturated carbocycles. The van der Waals surface area contributed by atoms with Crippen molar-refractivity contribution >= 4 is 5.97 Å². The molecule has 156 valence electrons. The van der Waals surface area contributed by atoms with E-state index in [-0.39, 0.29) is 36.1 Å². The average molecular weight is 387 g/mol. The van der Waals surface area contributed by atoms with Crippen molar-refractivity contribution in [3.63, 3.8) is 0 Å². The fourth-order valence-corrected chi connectivity index (χ4v) is 4.13. The summed E-state index contributed by atoms with van der Waals surface area (Å²) >= 11 is 0. The van der Waals surface area contributed by atoms with Crippen LogP contribution < -0.4 is 0 Å². The smallest absolute Gasteiger partial charge is 0.308 e. The van der Waals surface area contributed by atoms with E-state index in [1.165, 1.54) is 5.57 Å². The Balaban J connectivity index is 2.05. The molecule has 3 heteroatoms. The van der Waals surface area contributed by atoms with Crippen molar-refractivity contribution in [1.29, 1.82) is 0 Å². The molecule has 0 aliphatic carbocycles. The maximum atomic E-state index is 12.5. The molecule has 5 atom stereocenters. The third kappa shape index (κ3) is 7.47. The Morgan fingerprint density at radius 2 is 1.86 bits per heavy atom. The number of fused-ring (bicyclic) bond motifs is 2. The lowest BCUT2D eigenvalue weighted by Gasteiger charge is -2.21. The first kappa shape index (κ1) is 22.8. The third-order valence-corrected chi connectivity index (χ3v) is 5.74. The predicted molar refractivity (Wildman–Crippen MR) is 115 cm³/mol. The Hall–Kier alpha value is -1.53. The van der Waals surface area contributed by atoms with Crippen molar-refractivity contribution in [2.45, 2.75) is 103 Å². The van der Waals surface area contributed by atoms with Crippen LogP contribution in [0.15, 0.2) is 24.3 Å². The van der Waals surface area contributed by atoms with Crippen LogP contribution in [0.25, 0.3) is 0 Å². The molecule has 1 fully saturated rings. The van der Waals surface area contributed by atoms with Crippen molar-refractivity contribution in [3.8, 4) is 11.8 Å². The predicted octanol–water partition coefficient (Wildman–Crippen LogP) is 5.99. The Morgan fingerprint density at radius 3 is 2.61 bits per heavy atom. The van der Waals surface area contributed by atoms with E-state index in [1.54, 1.807) is 0 Å². The topological polar surface area (TPSA) is 35.5 Å². The standard InChI is InChI=1S/C25H38O3/c1-6-10-22-16-19(3)15-18(2)11-9-13-23-17-21(5)24(27-23)14-8-7-12-20(4)25(26)28-22/h18,20,22-24H,3,5-8,10,12-17H2,1-2,4H3/t18-,20-,22+,23-,24-/m0/s1. The summed E-state index contributed by atoms with van der Waals surface area (Å²) in [4.78, 5) is 12.5. The SMILES string of the molecule is C=C1C[C@@H](CCC)OC(=O)[C@@H](C)CCCC[C@@H]2O[C@@H](CC#C[C@H](C)C1)CC2=C. The molecule has 0 aromatic rings.